The molecule has 0 saturated carbocycles. The van der Waals surface area contributed by atoms with Crippen LogP contribution in [0.3, 0.4) is 0 Å². The van der Waals surface area contributed by atoms with Crippen molar-refractivity contribution in [1.29, 1.82) is 0 Å². The lowest BCUT2D eigenvalue weighted by Gasteiger charge is -2.03. The van der Waals surface area contributed by atoms with Crippen LogP contribution in [0.2, 0.25) is 0 Å². The topological polar surface area (TPSA) is 125 Å². The molecule has 11 heteroatoms. The summed E-state index contributed by atoms with van der Waals surface area (Å²) in [7, 11) is -2.06. The fourth-order valence-electron chi connectivity index (χ4n) is 1.87. The zero-order valence-corrected chi connectivity index (χ0v) is 14.5. The van der Waals surface area contributed by atoms with Gasteiger partial charge in [-0.15, -0.1) is 5.10 Å². The fourth-order valence-corrected chi connectivity index (χ4v) is 2.80. The molecule has 3 rings (SSSR count). The Balaban J connectivity index is 2.23. The summed E-state index contributed by atoms with van der Waals surface area (Å²) in [6.45, 7) is 0. The largest absolute Gasteiger partial charge is 0.497 e. The Hall–Kier alpha value is -2.27. The number of methoxy groups -OCH3 is 1. The van der Waals surface area contributed by atoms with Gasteiger partial charge in [-0.3, -0.25) is 0 Å². The summed E-state index contributed by atoms with van der Waals surface area (Å²) in [6.07, 6.45) is 0.994. The number of rotatable bonds is 3. The quantitative estimate of drug-likeness (QED) is 0.690. The first-order chi connectivity index (χ1) is 10.8. The van der Waals surface area contributed by atoms with Gasteiger partial charge in [0.1, 0.15) is 5.75 Å². The molecule has 0 aliphatic rings. The number of nitrogens with zero attached hydrogens (tertiary/aromatic N) is 5. The molecular formula is C12H11BrN6O3S. The van der Waals surface area contributed by atoms with Crippen molar-refractivity contribution in [2.24, 2.45) is 0 Å². The molecule has 2 N–H and O–H groups in total. The van der Waals surface area contributed by atoms with E-state index in [2.05, 4.69) is 36.0 Å². The van der Waals surface area contributed by atoms with E-state index in [0.29, 0.717) is 17.1 Å². The first-order valence-electron chi connectivity index (χ1n) is 6.24. The van der Waals surface area contributed by atoms with Gasteiger partial charge in [0.2, 0.25) is 15.8 Å². The second-order valence-electron chi connectivity index (χ2n) is 4.63. The van der Waals surface area contributed by atoms with Gasteiger partial charge in [-0.1, -0.05) is 15.9 Å². The summed E-state index contributed by atoms with van der Waals surface area (Å²) in [6, 6.07) is 5.30. The third kappa shape index (κ3) is 2.84. The highest BCUT2D eigenvalue weighted by Gasteiger charge is 2.18. The Labute approximate surface area is 139 Å². The van der Waals surface area contributed by atoms with E-state index < -0.39 is 15.0 Å². The second-order valence-corrected chi connectivity index (χ2v) is 7.39. The molecule has 1 aromatic carbocycles. The molecule has 0 amide bonds. The predicted molar refractivity (Wildman–Crippen MR) is 85.8 cm³/mol. The Morgan fingerprint density at radius 3 is 2.65 bits per heavy atom. The number of benzene rings is 1. The van der Waals surface area contributed by atoms with Gasteiger partial charge in [0.15, 0.2) is 5.82 Å². The van der Waals surface area contributed by atoms with Crippen LogP contribution in [0.25, 0.3) is 17.2 Å². The van der Waals surface area contributed by atoms with Crippen molar-refractivity contribution in [2.45, 2.75) is 5.16 Å². The third-order valence-electron chi connectivity index (χ3n) is 2.96. The zero-order valence-electron chi connectivity index (χ0n) is 12.1. The summed E-state index contributed by atoms with van der Waals surface area (Å²) >= 11 is 3.41. The highest BCUT2D eigenvalue weighted by Crippen LogP contribution is 2.30. The van der Waals surface area contributed by atoms with Crippen LogP contribution < -0.4 is 10.5 Å². The van der Waals surface area contributed by atoms with Crippen molar-refractivity contribution in [3.63, 3.8) is 0 Å². The summed E-state index contributed by atoms with van der Waals surface area (Å²) in [4.78, 5) is 11.9. The average molecular weight is 399 g/mol. The molecule has 9 nitrogen and oxygen atoms in total. The van der Waals surface area contributed by atoms with Gasteiger partial charge < -0.3 is 10.5 Å². The van der Waals surface area contributed by atoms with Crippen LogP contribution in [0.4, 0.5) is 5.95 Å². The minimum absolute atomic E-state index is 0.0441. The lowest BCUT2D eigenvalue weighted by atomic mass is 10.2. The van der Waals surface area contributed by atoms with Gasteiger partial charge in [-0.2, -0.15) is 19.5 Å². The van der Waals surface area contributed by atoms with Crippen molar-refractivity contribution in [2.75, 3.05) is 19.1 Å². The van der Waals surface area contributed by atoms with Crippen LogP contribution in [-0.2, 0) is 9.84 Å². The van der Waals surface area contributed by atoms with Gasteiger partial charge in [0.05, 0.1) is 7.11 Å². The molecule has 0 atom stereocenters. The Bertz CT molecular complexity index is 1020. The molecule has 120 valence electrons. The van der Waals surface area contributed by atoms with E-state index in [0.717, 1.165) is 10.7 Å². The molecule has 0 aliphatic heterocycles. The second kappa shape index (κ2) is 5.42. The first-order valence-corrected chi connectivity index (χ1v) is 8.92. The van der Waals surface area contributed by atoms with Crippen molar-refractivity contribution in [3.05, 3.63) is 22.7 Å². The van der Waals surface area contributed by atoms with Gasteiger partial charge in [0, 0.05) is 16.3 Å². The first kappa shape index (κ1) is 15.6. The standard InChI is InChI=1S/C12H11BrN6O3S/c1-22-6-3-4-8(13)7(5-6)9-15-11-17-12(23(2,20)21)16-10(14)19(11)18-9/h3-5H,1-2H3,(H2,14,15,16,17,18). The summed E-state index contributed by atoms with van der Waals surface area (Å²) in [5, 5.41) is 3.82. The molecule has 0 radical (unpaired) electrons. The predicted octanol–water partition coefficient (Wildman–Crippen LogP) is 0.943. The fraction of sp³-hybridized carbons (Fsp3) is 0.167. The van der Waals surface area contributed by atoms with Crippen molar-refractivity contribution < 1.29 is 13.2 Å². The molecule has 0 fully saturated rings. The van der Waals surface area contributed by atoms with Gasteiger partial charge in [-0.25, -0.2) is 8.42 Å². The minimum Gasteiger partial charge on any atom is -0.497 e. The number of fused-ring (bicyclic) bond motifs is 1. The summed E-state index contributed by atoms with van der Waals surface area (Å²) in [5.41, 5.74) is 6.40. The van der Waals surface area contributed by atoms with Crippen LogP contribution in [-0.4, -0.2) is 46.3 Å². The number of nitrogen functional groups attached to an aromatic ring is 1. The number of halogens is 1. The number of ether oxygens (including phenoxy) is 1. The number of hydrogen-bond donors (Lipinski definition) is 1. The SMILES string of the molecule is COc1ccc(Br)c(-c2nc3nc(S(C)(=O)=O)nc(N)n3n2)c1. The molecular weight excluding hydrogens is 388 g/mol. The molecule has 0 saturated heterocycles. The van der Waals surface area contributed by atoms with E-state index in [-0.39, 0.29) is 11.7 Å². The van der Waals surface area contributed by atoms with Gasteiger partial charge in [0.25, 0.3) is 10.9 Å². The van der Waals surface area contributed by atoms with Crippen LogP contribution in [0.15, 0.2) is 27.8 Å². The maximum absolute atomic E-state index is 11.6. The van der Waals surface area contributed by atoms with Crippen LogP contribution in [0, 0.1) is 0 Å². The van der Waals surface area contributed by atoms with E-state index in [1.54, 1.807) is 25.3 Å². The lowest BCUT2D eigenvalue weighted by molar-refractivity contribution is 0.415. The Morgan fingerprint density at radius 2 is 2.00 bits per heavy atom. The molecule has 3 aromatic rings. The smallest absolute Gasteiger partial charge is 0.258 e. The lowest BCUT2D eigenvalue weighted by Crippen LogP contribution is -2.11. The van der Waals surface area contributed by atoms with E-state index in [4.69, 9.17) is 10.5 Å². The number of anilines is 1. The number of nitrogens with two attached hydrogens (primary N) is 1. The van der Waals surface area contributed by atoms with Gasteiger partial charge >= 0.3 is 0 Å². The average Bonchev–Trinajstić information content (AvgIpc) is 2.91. The Kier molecular flexibility index (Phi) is 3.68. The molecule has 2 aromatic heterocycles. The normalized spacial score (nSPS) is 11.8. The van der Waals surface area contributed by atoms with E-state index in [1.807, 2.05) is 0 Å². The maximum atomic E-state index is 11.6. The highest BCUT2D eigenvalue weighted by atomic mass is 79.9. The molecule has 0 unspecified atom stereocenters. The van der Waals surface area contributed by atoms with Crippen molar-refractivity contribution >= 4 is 37.5 Å². The monoisotopic (exact) mass is 398 g/mol. The number of hydrogen-bond acceptors (Lipinski definition) is 8. The molecule has 23 heavy (non-hydrogen) atoms. The molecule has 2 heterocycles. The minimum atomic E-state index is -3.60. The van der Waals surface area contributed by atoms with Crippen molar-refractivity contribution in [3.8, 4) is 17.1 Å². The molecule has 0 spiro atoms. The van der Waals surface area contributed by atoms with E-state index in [9.17, 15) is 8.42 Å². The van der Waals surface area contributed by atoms with Crippen molar-refractivity contribution in [1.82, 2.24) is 24.6 Å². The van der Waals surface area contributed by atoms with Crippen LogP contribution >= 0.6 is 15.9 Å². The van der Waals surface area contributed by atoms with Crippen LogP contribution in [0.1, 0.15) is 0 Å². The highest BCUT2D eigenvalue weighted by molar-refractivity contribution is 9.10. The maximum Gasteiger partial charge on any atom is 0.258 e. The number of sulfone groups is 1. The summed E-state index contributed by atoms with van der Waals surface area (Å²) in [5.74, 6) is 0.858. The number of aromatic nitrogens is 5. The van der Waals surface area contributed by atoms with Crippen LogP contribution in [0.5, 0.6) is 5.75 Å². The zero-order chi connectivity index (χ0) is 16.8. The molecule has 0 aliphatic carbocycles. The summed E-state index contributed by atoms with van der Waals surface area (Å²) < 4.78 is 30.3. The van der Waals surface area contributed by atoms with Gasteiger partial charge in [-0.05, 0) is 18.2 Å². The van der Waals surface area contributed by atoms with E-state index in [1.165, 1.54) is 4.52 Å². The third-order valence-corrected chi connectivity index (χ3v) is 4.50. The van der Waals surface area contributed by atoms with E-state index >= 15 is 0 Å². The molecule has 0 bridgehead atoms. The Morgan fingerprint density at radius 1 is 1.26 bits per heavy atom.